The Bertz CT molecular complexity index is 957. The lowest BCUT2D eigenvalue weighted by Gasteiger charge is -2.22. The van der Waals surface area contributed by atoms with Gasteiger partial charge in [-0.2, -0.15) is 0 Å². The molecule has 0 bridgehead atoms. The number of hydrogen-bond donors (Lipinski definition) is 1. The monoisotopic (exact) mass is 446 g/mol. The predicted molar refractivity (Wildman–Crippen MR) is 108 cm³/mol. The minimum atomic E-state index is -3.72. The van der Waals surface area contributed by atoms with E-state index in [0.717, 1.165) is 22.7 Å². The van der Waals surface area contributed by atoms with Gasteiger partial charge in [0.1, 0.15) is 12.4 Å². The highest BCUT2D eigenvalue weighted by Gasteiger charge is 2.19. The molecule has 0 spiro atoms. The molecular weight excluding hydrogens is 426 g/mol. The highest BCUT2D eigenvalue weighted by molar-refractivity contribution is 7.92. The summed E-state index contributed by atoms with van der Waals surface area (Å²) in [7, 11) is -3.72. The normalized spacial score (nSPS) is 11.2. The van der Waals surface area contributed by atoms with Crippen molar-refractivity contribution in [3.63, 3.8) is 0 Å². The van der Waals surface area contributed by atoms with Crippen LogP contribution in [0.3, 0.4) is 0 Å². The first-order chi connectivity index (χ1) is 13.7. The highest BCUT2D eigenvalue weighted by Crippen LogP contribution is 2.23. The third-order valence-corrected chi connectivity index (χ3v) is 5.38. The minimum Gasteiger partial charge on any atom is -0.490 e. The molecule has 0 atom stereocenters. The van der Waals surface area contributed by atoms with Crippen molar-refractivity contribution in [2.45, 2.75) is 12.8 Å². The number of ether oxygens (including phenoxy) is 1. The van der Waals surface area contributed by atoms with Crippen LogP contribution in [-0.2, 0) is 14.8 Å². The van der Waals surface area contributed by atoms with E-state index in [1.807, 2.05) is 0 Å². The van der Waals surface area contributed by atoms with Gasteiger partial charge in [-0.1, -0.05) is 23.7 Å². The summed E-state index contributed by atoms with van der Waals surface area (Å²) < 4.78 is 56.8. The second-order valence-corrected chi connectivity index (χ2v) is 8.48. The molecule has 0 saturated carbocycles. The molecule has 2 aromatic carbocycles. The standard InChI is InChI=1S/C19H21ClF2N2O4S/c1-29(26,27)24(14-8-9-16(21)17(22)13-14)11-4-7-19(25)23-10-12-28-18-6-3-2-5-15(18)20/h2-3,5-6,8-9,13H,4,7,10-12H2,1H3,(H,23,25). The van der Waals surface area contributed by atoms with Crippen LogP contribution in [0.4, 0.5) is 14.5 Å². The number of para-hydroxylation sites is 1. The van der Waals surface area contributed by atoms with Crippen LogP contribution in [-0.4, -0.2) is 40.3 Å². The van der Waals surface area contributed by atoms with E-state index in [2.05, 4.69) is 5.32 Å². The molecule has 158 valence electrons. The highest BCUT2D eigenvalue weighted by atomic mass is 35.5. The molecule has 6 nitrogen and oxygen atoms in total. The third kappa shape index (κ3) is 7.17. The van der Waals surface area contributed by atoms with Crippen molar-refractivity contribution in [1.82, 2.24) is 5.32 Å². The first kappa shape index (κ1) is 22.9. The molecule has 0 aliphatic carbocycles. The van der Waals surface area contributed by atoms with Gasteiger partial charge in [-0.15, -0.1) is 0 Å². The van der Waals surface area contributed by atoms with E-state index in [1.54, 1.807) is 24.3 Å². The van der Waals surface area contributed by atoms with Crippen molar-refractivity contribution in [2.75, 3.05) is 30.3 Å². The number of amides is 1. The number of rotatable bonds is 10. The van der Waals surface area contributed by atoms with E-state index < -0.39 is 21.7 Å². The zero-order valence-electron chi connectivity index (χ0n) is 15.7. The van der Waals surface area contributed by atoms with Gasteiger partial charge in [0, 0.05) is 19.0 Å². The van der Waals surface area contributed by atoms with Crippen LogP contribution in [0.5, 0.6) is 5.75 Å². The number of benzene rings is 2. The quantitative estimate of drug-likeness (QED) is 0.568. The maximum Gasteiger partial charge on any atom is 0.232 e. The summed E-state index contributed by atoms with van der Waals surface area (Å²) in [5, 5.41) is 3.13. The molecule has 1 amide bonds. The van der Waals surface area contributed by atoms with E-state index in [1.165, 1.54) is 6.07 Å². The first-order valence-electron chi connectivity index (χ1n) is 8.75. The van der Waals surface area contributed by atoms with Crippen molar-refractivity contribution >= 4 is 33.2 Å². The number of carbonyl (C=O) groups is 1. The van der Waals surface area contributed by atoms with Crippen LogP contribution in [0.1, 0.15) is 12.8 Å². The van der Waals surface area contributed by atoms with E-state index in [9.17, 15) is 22.0 Å². The predicted octanol–water partition coefficient (Wildman–Crippen LogP) is 3.36. The Morgan fingerprint density at radius 1 is 1.17 bits per heavy atom. The van der Waals surface area contributed by atoms with Crippen molar-refractivity contribution < 1.29 is 26.7 Å². The van der Waals surface area contributed by atoms with E-state index in [-0.39, 0.29) is 44.1 Å². The van der Waals surface area contributed by atoms with Crippen molar-refractivity contribution in [3.05, 3.63) is 59.1 Å². The van der Waals surface area contributed by atoms with Crippen LogP contribution < -0.4 is 14.4 Å². The Balaban J connectivity index is 1.79. The smallest absolute Gasteiger partial charge is 0.232 e. The average Bonchev–Trinajstić information content (AvgIpc) is 2.65. The molecule has 0 aliphatic rings. The molecule has 0 aliphatic heterocycles. The van der Waals surface area contributed by atoms with Crippen LogP contribution in [0.15, 0.2) is 42.5 Å². The molecule has 29 heavy (non-hydrogen) atoms. The summed E-state index contributed by atoms with van der Waals surface area (Å²) in [5.74, 6) is -1.99. The maximum atomic E-state index is 13.4. The minimum absolute atomic E-state index is 0.0000482. The van der Waals surface area contributed by atoms with Crippen LogP contribution in [0.25, 0.3) is 0 Å². The summed E-state index contributed by atoms with van der Waals surface area (Å²) in [6.45, 7) is 0.427. The summed E-state index contributed by atoms with van der Waals surface area (Å²) in [6, 6.07) is 9.79. The Labute approximate surface area is 173 Å². The number of sulfonamides is 1. The van der Waals surface area contributed by atoms with E-state index >= 15 is 0 Å². The number of halogens is 3. The molecule has 2 rings (SSSR count). The van der Waals surface area contributed by atoms with Crippen molar-refractivity contribution in [2.24, 2.45) is 0 Å². The van der Waals surface area contributed by atoms with E-state index in [4.69, 9.17) is 16.3 Å². The molecular formula is C19H21ClF2N2O4S. The number of carbonyl (C=O) groups excluding carboxylic acids is 1. The lowest BCUT2D eigenvalue weighted by molar-refractivity contribution is -0.121. The van der Waals surface area contributed by atoms with Gasteiger partial charge in [-0.25, -0.2) is 17.2 Å². The topological polar surface area (TPSA) is 75.7 Å². The molecule has 0 fully saturated rings. The maximum absolute atomic E-state index is 13.4. The van der Waals surface area contributed by atoms with Crippen LogP contribution >= 0.6 is 11.6 Å². The van der Waals surface area contributed by atoms with Gasteiger partial charge in [0.05, 0.1) is 23.5 Å². The van der Waals surface area contributed by atoms with Gasteiger partial charge in [-0.05, 0) is 30.7 Å². The number of nitrogens with one attached hydrogen (secondary N) is 1. The van der Waals surface area contributed by atoms with Gasteiger partial charge < -0.3 is 10.1 Å². The van der Waals surface area contributed by atoms with E-state index in [0.29, 0.717) is 10.8 Å². The Morgan fingerprint density at radius 3 is 2.55 bits per heavy atom. The molecule has 0 saturated heterocycles. The largest absolute Gasteiger partial charge is 0.490 e. The van der Waals surface area contributed by atoms with Gasteiger partial charge in [0.25, 0.3) is 0 Å². The molecule has 10 heteroatoms. The van der Waals surface area contributed by atoms with Gasteiger partial charge >= 0.3 is 0 Å². The summed E-state index contributed by atoms with van der Waals surface area (Å²) in [6.07, 6.45) is 1.21. The number of nitrogens with zero attached hydrogens (tertiary/aromatic N) is 1. The van der Waals surface area contributed by atoms with Gasteiger partial charge in [0.2, 0.25) is 15.9 Å². The fourth-order valence-corrected chi connectivity index (χ4v) is 3.66. The Morgan fingerprint density at radius 2 is 1.90 bits per heavy atom. The van der Waals surface area contributed by atoms with Gasteiger partial charge in [-0.3, -0.25) is 9.10 Å². The number of anilines is 1. The molecule has 0 heterocycles. The Kier molecular flexibility index (Phi) is 8.21. The zero-order valence-corrected chi connectivity index (χ0v) is 17.3. The fourth-order valence-electron chi connectivity index (χ4n) is 2.51. The van der Waals surface area contributed by atoms with Crippen LogP contribution in [0.2, 0.25) is 5.02 Å². The lowest BCUT2D eigenvalue weighted by Crippen LogP contribution is -2.33. The number of hydrogen-bond acceptors (Lipinski definition) is 4. The SMILES string of the molecule is CS(=O)(=O)N(CCCC(=O)NCCOc1ccccc1Cl)c1ccc(F)c(F)c1. The molecule has 2 aromatic rings. The second-order valence-electron chi connectivity index (χ2n) is 6.17. The lowest BCUT2D eigenvalue weighted by atomic mass is 10.2. The second kappa shape index (κ2) is 10.4. The average molecular weight is 447 g/mol. The molecule has 0 radical (unpaired) electrons. The third-order valence-electron chi connectivity index (χ3n) is 3.87. The van der Waals surface area contributed by atoms with Crippen LogP contribution in [0, 0.1) is 11.6 Å². The summed E-state index contributed by atoms with van der Waals surface area (Å²) in [5.41, 5.74) is -0.0000482. The molecule has 0 unspecified atom stereocenters. The zero-order chi connectivity index (χ0) is 21.4. The summed E-state index contributed by atoms with van der Waals surface area (Å²) in [4.78, 5) is 11.9. The molecule has 0 aromatic heterocycles. The Hall–Kier alpha value is -2.39. The van der Waals surface area contributed by atoms with Crippen molar-refractivity contribution in [1.29, 1.82) is 0 Å². The van der Waals surface area contributed by atoms with Gasteiger partial charge in [0.15, 0.2) is 11.6 Å². The molecule has 1 N–H and O–H groups in total. The summed E-state index contributed by atoms with van der Waals surface area (Å²) >= 11 is 5.96. The fraction of sp³-hybridized carbons (Fsp3) is 0.316. The first-order valence-corrected chi connectivity index (χ1v) is 11.0. The van der Waals surface area contributed by atoms with Crippen molar-refractivity contribution in [3.8, 4) is 5.75 Å².